The number of halogens is 1. The molecule has 0 aliphatic carbocycles. The first kappa shape index (κ1) is 12.5. The quantitative estimate of drug-likeness (QED) is 0.692. The van der Waals surface area contributed by atoms with Gasteiger partial charge in [-0.2, -0.15) is 0 Å². The number of urea groups is 1. The number of anilines is 1. The molecule has 0 aliphatic rings. The van der Waals surface area contributed by atoms with Crippen LogP contribution in [0.2, 0.25) is 0 Å². The molecule has 2 amide bonds. The van der Waals surface area contributed by atoms with Crippen molar-refractivity contribution in [3.63, 3.8) is 0 Å². The summed E-state index contributed by atoms with van der Waals surface area (Å²) in [4.78, 5) is 22.0. The van der Waals surface area contributed by atoms with Crippen molar-refractivity contribution in [2.75, 3.05) is 11.9 Å². The van der Waals surface area contributed by atoms with E-state index in [4.69, 9.17) is 11.5 Å². The van der Waals surface area contributed by atoms with E-state index in [1.165, 1.54) is 0 Å². The van der Waals surface area contributed by atoms with Gasteiger partial charge in [0.2, 0.25) is 0 Å². The lowest BCUT2D eigenvalue weighted by atomic mass is 10.2. The number of benzene rings is 1. The monoisotopic (exact) mass is 236 g/mol. The fourth-order valence-corrected chi connectivity index (χ4v) is 1.10. The van der Waals surface area contributed by atoms with Gasteiger partial charge in [-0.25, -0.2) is 14.0 Å². The maximum absolute atomic E-state index is 12.9. The van der Waals surface area contributed by atoms with Crippen molar-refractivity contribution < 1.29 is 19.1 Å². The number of carboxylic acid groups (broad SMARTS) is 1. The second-order valence-corrected chi connectivity index (χ2v) is 3.01. The predicted molar refractivity (Wildman–Crippen MR) is 59.2 cm³/mol. The minimum Gasteiger partial charge on any atom is -0.478 e. The highest BCUT2D eigenvalue weighted by Crippen LogP contribution is 2.17. The normalized spacial score (nSPS) is 9.18. The number of rotatable bonds is 3. The maximum atomic E-state index is 12.9. The van der Waals surface area contributed by atoms with Gasteiger partial charge in [0.1, 0.15) is 5.82 Å². The second-order valence-electron chi connectivity index (χ2n) is 3.01. The zero-order valence-corrected chi connectivity index (χ0v) is 8.66. The van der Waals surface area contributed by atoms with Crippen LogP contribution in [0.5, 0.6) is 0 Å². The van der Waals surface area contributed by atoms with E-state index >= 15 is 0 Å². The first-order valence-electron chi connectivity index (χ1n) is 4.55. The molecule has 1 aromatic rings. The van der Waals surface area contributed by atoms with E-state index in [0.717, 1.165) is 18.2 Å². The van der Waals surface area contributed by atoms with Gasteiger partial charge >= 0.3 is 12.0 Å². The van der Waals surface area contributed by atoms with E-state index < -0.39 is 17.8 Å². The summed E-state index contributed by atoms with van der Waals surface area (Å²) in [6.07, 6.45) is 4.93. The summed E-state index contributed by atoms with van der Waals surface area (Å²) >= 11 is 0. The SMILES string of the molecule is C#CCNC(=O)Nc1cc(F)ccc1C(=O)O. The van der Waals surface area contributed by atoms with Gasteiger partial charge in [-0.15, -0.1) is 6.42 Å². The average molecular weight is 236 g/mol. The topological polar surface area (TPSA) is 78.4 Å². The largest absolute Gasteiger partial charge is 0.478 e. The summed E-state index contributed by atoms with van der Waals surface area (Å²) < 4.78 is 12.9. The molecule has 3 N–H and O–H groups in total. The Kier molecular flexibility index (Phi) is 4.06. The molecule has 0 bridgehead atoms. The smallest absolute Gasteiger partial charge is 0.337 e. The summed E-state index contributed by atoms with van der Waals surface area (Å²) in [5, 5.41) is 13.3. The van der Waals surface area contributed by atoms with Crippen molar-refractivity contribution in [1.82, 2.24) is 5.32 Å². The average Bonchev–Trinajstić information content (AvgIpc) is 2.26. The van der Waals surface area contributed by atoms with Gasteiger partial charge in [0.25, 0.3) is 0 Å². The van der Waals surface area contributed by atoms with Gasteiger partial charge in [0.05, 0.1) is 17.8 Å². The van der Waals surface area contributed by atoms with Gasteiger partial charge < -0.3 is 15.7 Å². The molecule has 88 valence electrons. The highest BCUT2D eigenvalue weighted by molar-refractivity contribution is 6.00. The summed E-state index contributed by atoms with van der Waals surface area (Å²) in [6.45, 7) is -0.0104. The molecule has 0 aliphatic heterocycles. The van der Waals surface area contributed by atoms with Crippen molar-refractivity contribution >= 4 is 17.7 Å². The van der Waals surface area contributed by atoms with E-state index in [0.29, 0.717) is 0 Å². The molecule has 0 unspecified atom stereocenters. The van der Waals surface area contributed by atoms with Gasteiger partial charge in [0.15, 0.2) is 0 Å². The lowest BCUT2D eigenvalue weighted by molar-refractivity contribution is 0.0698. The minimum atomic E-state index is -1.27. The molecular weight excluding hydrogens is 227 g/mol. The van der Waals surface area contributed by atoms with E-state index in [2.05, 4.69) is 16.6 Å². The van der Waals surface area contributed by atoms with Crippen LogP contribution in [0, 0.1) is 18.2 Å². The van der Waals surface area contributed by atoms with Crippen LogP contribution < -0.4 is 10.6 Å². The molecule has 0 aromatic heterocycles. The van der Waals surface area contributed by atoms with Crippen LogP contribution in [0.1, 0.15) is 10.4 Å². The highest BCUT2D eigenvalue weighted by atomic mass is 19.1. The predicted octanol–water partition coefficient (Wildman–Crippen LogP) is 1.28. The Bertz CT molecular complexity index is 494. The van der Waals surface area contributed by atoms with E-state index in [9.17, 15) is 14.0 Å². The molecule has 0 radical (unpaired) electrons. The number of carbonyl (C=O) groups excluding carboxylic acids is 1. The molecule has 0 saturated carbocycles. The first-order valence-corrected chi connectivity index (χ1v) is 4.55. The zero-order chi connectivity index (χ0) is 12.8. The standard InChI is InChI=1S/C11H9FN2O3/c1-2-5-13-11(17)14-9-6-7(12)3-4-8(9)10(15)16/h1,3-4,6H,5H2,(H,15,16)(H2,13,14,17). The Balaban J connectivity index is 2.89. The molecule has 0 spiro atoms. The van der Waals surface area contributed by atoms with E-state index in [-0.39, 0.29) is 17.8 Å². The Hall–Kier alpha value is -2.55. The fraction of sp³-hybridized carbons (Fsp3) is 0.0909. The van der Waals surface area contributed by atoms with Crippen molar-refractivity contribution in [3.05, 3.63) is 29.6 Å². The van der Waals surface area contributed by atoms with Crippen LogP contribution in [0.4, 0.5) is 14.9 Å². The Morgan fingerprint density at radius 3 is 2.76 bits per heavy atom. The molecule has 0 atom stereocenters. The van der Waals surface area contributed by atoms with Crippen molar-refractivity contribution in [1.29, 1.82) is 0 Å². The number of carbonyl (C=O) groups is 2. The molecular formula is C11H9FN2O3. The summed E-state index contributed by atoms with van der Waals surface area (Å²) in [7, 11) is 0. The summed E-state index contributed by atoms with van der Waals surface area (Å²) in [5.41, 5.74) is -0.339. The van der Waals surface area contributed by atoms with Crippen LogP contribution in [0.25, 0.3) is 0 Å². The number of hydrogen-bond acceptors (Lipinski definition) is 2. The number of amides is 2. The number of terminal acetylenes is 1. The van der Waals surface area contributed by atoms with Crippen LogP contribution in [-0.4, -0.2) is 23.7 Å². The van der Waals surface area contributed by atoms with Crippen molar-refractivity contribution in [2.24, 2.45) is 0 Å². The Morgan fingerprint density at radius 1 is 1.47 bits per heavy atom. The molecule has 0 fully saturated rings. The van der Waals surface area contributed by atoms with Crippen molar-refractivity contribution in [2.45, 2.75) is 0 Å². The van der Waals surface area contributed by atoms with Crippen LogP contribution in [0.15, 0.2) is 18.2 Å². The summed E-state index contributed by atoms with van der Waals surface area (Å²) in [5.74, 6) is 0.254. The van der Waals surface area contributed by atoms with Gasteiger partial charge in [-0.1, -0.05) is 5.92 Å². The highest BCUT2D eigenvalue weighted by Gasteiger charge is 2.12. The molecule has 1 rings (SSSR count). The van der Waals surface area contributed by atoms with Gasteiger partial charge in [0, 0.05) is 0 Å². The number of hydrogen-bond donors (Lipinski definition) is 3. The number of nitrogens with one attached hydrogen (secondary N) is 2. The first-order chi connectivity index (χ1) is 8.04. The summed E-state index contributed by atoms with van der Waals surface area (Å²) in [6, 6.07) is 2.28. The molecule has 0 heterocycles. The number of carboxylic acids is 1. The third-order valence-electron chi connectivity index (χ3n) is 1.81. The third kappa shape index (κ3) is 3.50. The zero-order valence-electron chi connectivity index (χ0n) is 8.66. The van der Waals surface area contributed by atoms with E-state index in [1.54, 1.807) is 0 Å². The lowest BCUT2D eigenvalue weighted by Gasteiger charge is -2.08. The van der Waals surface area contributed by atoms with Crippen LogP contribution in [0.3, 0.4) is 0 Å². The maximum Gasteiger partial charge on any atom is 0.337 e. The van der Waals surface area contributed by atoms with Crippen LogP contribution >= 0.6 is 0 Å². The minimum absolute atomic E-state index is 0.0104. The molecule has 17 heavy (non-hydrogen) atoms. The van der Waals surface area contributed by atoms with E-state index in [1.807, 2.05) is 0 Å². The molecule has 1 aromatic carbocycles. The Labute approximate surface area is 96.6 Å². The number of aromatic carboxylic acids is 1. The third-order valence-corrected chi connectivity index (χ3v) is 1.81. The van der Waals surface area contributed by atoms with Crippen molar-refractivity contribution in [3.8, 4) is 12.3 Å². The second kappa shape index (κ2) is 5.51. The van der Waals surface area contributed by atoms with Gasteiger partial charge in [-0.05, 0) is 18.2 Å². The van der Waals surface area contributed by atoms with Crippen LogP contribution in [-0.2, 0) is 0 Å². The molecule has 0 saturated heterocycles. The fourth-order valence-electron chi connectivity index (χ4n) is 1.10. The molecule has 6 heteroatoms. The lowest BCUT2D eigenvalue weighted by Crippen LogP contribution is -2.29. The Morgan fingerprint density at radius 2 is 2.18 bits per heavy atom. The molecule has 5 nitrogen and oxygen atoms in total. The van der Waals surface area contributed by atoms with Gasteiger partial charge in [-0.3, -0.25) is 0 Å².